The van der Waals surface area contributed by atoms with E-state index in [2.05, 4.69) is 217 Å². The third kappa shape index (κ3) is 6.72. The van der Waals surface area contributed by atoms with Gasteiger partial charge in [-0.25, -0.2) is 0 Å². The molecular weight excluding hydrogens is 807 g/mol. The fourth-order valence-corrected chi connectivity index (χ4v) is 13.6. The lowest BCUT2D eigenvalue weighted by Crippen LogP contribution is -2.29. The lowest BCUT2D eigenvalue weighted by Gasteiger charge is -2.35. The van der Waals surface area contributed by atoms with E-state index < -0.39 is 5.41 Å². The zero-order chi connectivity index (χ0) is 44.3. The van der Waals surface area contributed by atoms with Gasteiger partial charge in [0.2, 0.25) is 0 Å². The summed E-state index contributed by atoms with van der Waals surface area (Å²) in [5.74, 6) is 3.03. The molecular formula is C66H57N. The Bertz CT molecular complexity index is 3180. The van der Waals surface area contributed by atoms with Crippen molar-refractivity contribution < 1.29 is 0 Å². The van der Waals surface area contributed by atoms with Crippen LogP contribution in [0.25, 0.3) is 44.2 Å². The third-order valence-corrected chi connectivity index (χ3v) is 16.6. The lowest BCUT2D eigenvalue weighted by atomic mass is 9.67. The molecule has 0 aliphatic heterocycles. The predicted molar refractivity (Wildman–Crippen MR) is 281 cm³/mol. The Balaban J connectivity index is 1.00. The summed E-state index contributed by atoms with van der Waals surface area (Å²) in [4.78, 5) is 2.53. The molecule has 1 nitrogen and oxygen atoms in total. The Morgan fingerprint density at radius 2 is 1.06 bits per heavy atom. The zero-order valence-electron chi connectivity index (χ0n) is 38.3. The third-order valence-electron chi connectivity index (χ3n) is 16.6. The van der Waals surface area contributed by atoms with Crippen molar-refractivity contribution in [3.63, 3.8) is 0 Å². The molecule has 67 heavy (non-hydrogen) atoms. The van der Waals surface area contributed by atoms with E-state index in [4.69, 9.17) is 0 Å². The second-order valence-corrected chi connectivity index (χ2v) is 20.1. The Labute approximate surface area is 396 Å². The quantitative estimate of drug-likeness (QED) is 0.140. The van der Waals surface area contributed by atoms with Gasteiger partial charge in [-0.1, -0.05) is 202 Å². The van der Waals surface area contributed by atoms with Gasteiger partial charge in [-0.3, -0.25) is 0 Å². The van der Waals surface area contributed by atoms with Crippen LogP contribution in [0.1, 0.15) is 103 Å². The first-order chi connectivity index (χ1) is 33.2. The zero-order valence-corrected chi connectivity index (χ0v) is 38.3. The molecule has 0 spiro atoms. The molecule has 3 unspecified atom stereocenters. The molecule has 326 valence electrons. The molecule has 0 N–H and O–H groups in total. The SMILES string of the molecule is c1ccc(-c2c(-c3ccc(N(c4ccc(C5CC6CCC5C6)cc4)c4ccc5c(c4)C(c4ccccc4)(c4ccccc4)c4cccc(C6CCCCC6)c4-5)cc3)ccc3ccccc23)cc1. The van der Waals surface area contributed by atoms with Crippen molar-refractivity contribution in [1.29, 1.82) is 0 Å². The molecule has 2 bridgehead atoms. The van der Waals surface area contributed by atoms with E-state index in [1.807, 2.05) is 0 Å². The molecule has 0 radical (unpaired) electrons. The fourth-order valence-electron chi connectivity index (χ4n) is 13.6. The number of hydrogen-bond acceptors (Lipinski definition) is 1. The summed E-state index contributed by atoms with van der Waals surface area (Å²) < 4.78 is 0. The molecule has 13 rings (SSSR count). The van der Waals surface area contributed by atoms with Crippen LogP contribution in [0, 0.1) is 11.8 Å². The van der Waals surface area contributed by atoms with Gasteiger partial charge in [0.15, 0.2) is 0 Å². The van der Waals surface area contributed by atoms with Crippen molar-refractivity contribution in [3.8, 4) is 33.4 Å². The van der Waals surface area contributed by atoms with Crippen LogP contribution in [0.2, 0.25) is 0 Å². The highest BCUT2D eigenvalue weighted by Gasteiger charge is 2.48. The highest BCUT2D eigenvalue weighted by Crippen LogP contribution is 2.60. The number of anilines is 3. The van der Waals surface area contributed by atoms with Gasteiger partial charge in [0.05, 0.1) is 5.41 Å². The average molecular weight is 864 g/mol. The van der Waals surface area contributed by atoms with Crippen molar-refractivity contribution in [2.75, 3.05) is 4.90 Å². The molecule has 4 aliphatic carbocycles. The summed E-state index contributed by atoms with van der Waals surface area (Å²) in [5, 5.41) is 2.53. The van der Waals surface area contributed by atoms with E-state index in [0.717, 1.165) is 17.5 Å². The summed E-state index contributed by atoms with van der Waals surface area (Å²) in [7, 11) is 0. The van der Waals surface area contributed by atoms with Crippen LogP contribution < -0.4 is 4.90 Å². The van der Waals surface area contributed by atoms with Gasteiger partial charge in [0.1, 0.15) is 0 Å². The predicted octanol–water partition coefficient (Wildman–Crippen LogP) is 18.0. The first-order valence-corrected chi connectivity index (χ1v) is 25.2. The van der Waals surface area contributed by atoms with Gasteiger partial charge in [-0.05, 0) is 170 Å². The van der Waals surface area contributed by atoms with Crippen LogP contribution in [0.15, 0.2) is 212 Å². The number of benzene rings is 9. The van der Waals surface area contributed by atoms with Gasteiger partial charge in [0, 0.05) is 17.1 Å². The molecule has 4 aliphatic rings. The molecule has 0 aromatic heterocycles. The smallest absolute Gasteiger partial charge is 0.0714 e. The molecule has 3 saturated carbocycles. The molecule has 0 heterocycles. The minimum Gasteiger partial charge on any atom is -0.310 e. The Morgan fingerprint density at radius 1 is 0.418 bits per heavy atom. The minimum atomic E-state index is -0.487. The maximum absolute atomic E-state index is 2.56. The second kappa shape index (κ2) is 16.7. The van der Waals surface area contributed by atoms with Gasteiger partial charge in [0.25, 0.3) is 0 Å². The van der Waals surface area contributed by atoms with E-state index >= 15 is 0 Å². The van der Waals surface area contributed by atoms with Crippen LogP contribution >= 0.6 is 0 Å². The van der Waals surface area contributed by atoms with Crippen LogP contribution in [0.3, 0.4) is 0 Å². The summed E-state index contributed by atoms with van der Waals surface area (Å²) in [6, 6.07) is 80.9. The maximum atomic E-state index is 2.56. The van der Waals surface area contributed by atoms with E-state index in [9.17, 15) is 0 Å². The van der Waals surface area contributed by atoms with Crippen molar-refractivity contribution in [3.05, 3.63) is 246 Å². The standard InChI is InChI=1S/C66H57N/c1-5-16-46(17-6-1)58-26-15-27-62-65(58)60-41-39-56(44-63(60)66(62,52-21-9-3-10-22-52)53-23-11-4-12-24-53)67(55-37-32-49(33-38-55)61-43-45-28-29-51(61)42-45)54-35-30-48(31-36-54)59-40-34-47-18-13-14-25-57(47)64(59)50-19-7-2-8-20-50/h2-4,7-15,18-27,30-41,44-46,51,61H,1,5-6,16-17,28-29,42-43H2. The molecule has 0 saturated heterocycles. The largest absolute Gasteiger partial charge is 0.310 e. The van der Waals surface area contributed by atoms with Crippen LogP contribution in [-0.4, -0.2) is 0 Å². The summed E-state index contributed by atoms with van der Waals surface area (Å²) >= 11 is 0. The lowest BCUT2D eigenvalue weighted by molar-refractivity contribution is 0.420. The number of fused-ring (bicyclic) bond motifs is 6. The van der Waals surface area contributed by atoms with Gasteiger partial charge < -0.3 is 4.90 Å². The van der Waals surface area contributed by atoms with Gasteiger partial charge >= 0.3 is 0 Å². The normalized spacial score (nSPS) is 19.3. The highest BCUT2D eigenvalue weighted by molar-refractivity contribution is 6.04. The maximum Gasteiger partial charge on any atom is 0.0714 e. The van der Waals surface area contributed by atoms with Crippen LogP contribution in [-0.2, 0) is 5.41 Å². The van der Waals surface area contributed by atoms with Gasteiger partial charge in [-0.2, -0.15) is 0 Å². The van der Waals surface area contributed by atoms with E-state index in [1.165, 1.54) is 147 Å². The molecule has 3 atom stereocenters. The number of nitrogens with zero attached hydrogens (tertiary/aromatic N) is 1. The minimum absolute atomic E-state index is 0.487. The summed E-state index contributed by atoms with van der Waals surface area (Å²) in [6.07, 6.45) is 12.1. The molecule has 9 aromatic carbocycles. The fraction of sp³-hybridized carbons (Fsp3) is 0.212. The Morgan fingerprint density at radius 3 is 1.75 bits per heavy atom. The number of rotatable bonds is 9. The van der Waals surface area contributed by atoms with E-state index in [-0.39, 0.29) is 0 Å². The summed E-state index contributed by atoms with van der Waals surface area (Å²) in [5.41, 5.74) is 19.3. The molecule has 0 amide bonds. The van der Waals surface area contributed by atoms with Crippen molar-refractivity contribution in [1.82, 2.24) is 0 Å². The average Bonchev–Trinajstić information content (AvgIpc) is 4.13. The molecule has 1 heteroatoms. The second-order valence-electron chi connectivity index (χ2n) is 20.1. The Kier molecular flexibility index (Phi) is 10.1. The number of hydrogen-bond donors (Lipinski definition) is 0. The highest BCUT2D eigenvalue weighted by atomic mass is 15.1. The van der Waals surface area contributed by atoms with E-state index in [1.54, 1.807) is 0 Å². The van der Waals surface area contributed by atoms with Crippen LogP contribution in [0.4, 0.5) is 17.1 Å². The van der Waals surface area contributed by atoms with Gasteiger partial charge in [-0.15, -0.1) is 0 Å². The first-order valence-electron chi connectivity index (χ1n) is 25.2. The van der Waals surface area contributed by atoms with Crippen molar-refractivity contribution >= 4 is 27.8 Å². The summed E-state index contributed by atoms with van der Waals surface area (Å²) in [6.45, 7) is 0. The van der Waals surface area contributed by atoms with E-state index in [0.29, 0.717) is 11.8 Å². The molecule has 3 fully saturated rings. The van der Waals surface area contributed by atoms with Crippen LogP contribution in [0.5, 0.6) is 0 Å². The topological polar surface area (TPSA) is 3.24 Å². The van der Waals surface area contributed by atoms with Crippen molar-refractivity contribution in [2.45, 2.75) is 75.0 Å². The van der Waals surface area contributed by atoms with Crippen molar-refractivity contribution in [2.24, 2.45) is 11.8 Å². The Hall–Kier alpha value is -6.96. The first kappa shape index (κ1) is 40.3. The molecule has 9 aromatic rings. The monoisotopic (exact) mass is 863 g/mol.